The van der Waals surface area contributed by atoms with E-state index in [0.29, 0.717) is 0 Å². The van der Waals surface area contributed by atoms with Crippen molar-refractivity contribution < 1.29 is 19.4 Å². The van der Waals surface area contributed by atoms with Crippen LogP contribution in [0, 0.1) is 11.8 Å². The summed E-state index contributed by atoms with van der Waals surface area (Å²) in [6.45, 7) is 5.96. The maximum Gasteiger partial charge on any atom is 0.416 e. The molecule has 3 rings (SSSR count). The summed E-state index contributed by atoms with van der Waals surface area (Å²) in [6.07, 6.45) is 5.92. The number of ether oxygens (including phenoxy) is 1. The molecule has 1 saturated carbocycles. The lowest BCUT2D eigenvalue weighted by atomic mass is 9.81. The highest BCUT2D eigenvalue weighted by atomic mass is 32.2. The molecule has 0 spiro atoms. The number of aliphatic hydroxyl groups is 1. The van der Waals surface area contributed by atoms with Crippen LogP contribution in [0.1, 0.15) is 65.7 Å². The van der Waals surface area contributed by atoms with Crippen molar-refractivity contribution in [2.75, 3.05) is 6.61 Å². The summed E-state index contributed by atoms with van der Waals surface area (Å²) >= 11 is 1.70. The van der Waals surface area contributed by atoms with Gasteiger partial charge < -0.3 is 9.84 Å². The van der Waals surface area contributed by atoms with Gasteiger partial charge in [-0.05, 0) is 30.9 Å². The first-order valence-electron chi connectivity index (χ1n) is 11.3. The normalized spacial score (nSPS) is 24.1. The molecule has 1 aliphatic carbocycles. The summed E-state index contributed by atoms with van der Waals surface area (Å²) in [4.78, 5) is 28.0. The highest BCUT2D eigenvalue weighted by molar-refractivity contribution is 8.00. The Morgan fingerprint density at radius 1 is 1.10 bits per heavy atom. The van der Waals surface area contributed by atoms with E-state index in [1.165, 1.54) is 11.3 Å². The molecular formula is C24H35NO4S. The summed E-state index contributed by atoms with van der Waals surface area (Å²) in [5.74, 6) is -0.884. The van der Waals surface area contributed by atoms with E-state index in [1.54, 1.807) is 18.7 Å². The van der Waals surface area contributed by atoms with Gasteiger partial charge in [0, 0.05) is 9.64 Å². The molecule has 1 N–H and O–H groups in total. The van der Waals surface area contributed by atoms with Crippen LogP contribution < -0.4 is 0 Å². The molecular weight excluding hydrogens is 398 g/mol. The molecule has 0 unspecified atom stereocenters. The Morgan fingerprint density at radius 3 is 2.30 bits per heavy atom. The molecule has 30 heavy (non-hydrogen) atoms. The lowest BCUT2D eigenvalue weighted by Crippen LogP contribution is -2.52. The summed E-state index contributed by atoms with van der Waals surface area (Å²) in [5, 5.41) is 11.6. The van der Waals surface area contributed by atoms with E-state index in [9.17, 15) is 14.7 Å². The van der Waals surface area contributed by atoms with Gasteiger partial charge in [0.1, 0.15) is 6.61 Å². The van der Waals surface area contributed by atoms with Crippen LogP contribution >= 0.6 is 11.8 Å². The minimum absolute atomic E-state index is 0.110. The number of rotatable bonds is 6. The average Bonchev–Trinajstić information content (AvgIpc) is 3.11. The Morgan fingerprint density at radius 2 is 1.70 bits per heavy atom. The van der Waals surface area contributed by atoms with Crippen molar-refractivity contribution in [3.05, 3.63) is 30.3 Å². The Balaban J connectivity index is 1.86. The number of aliphatic hydroxyl groups excluding tert-OH is 1. The van der Waals surface area contributed by atoms with Crippen LogP contribution in [0.4, 0.5) is 4.79 Å². The fourth-order valence-electron chi connectivity index (χ4n) is 4.68. The molecule has 2 amide bonds. The molecule has 2 fully saturated rings. The summed E-state index contributed by atoms with van der Waals surface area (Å²) in [6, 6.07) is 9.87. The number of carbonyl (C=O) groups is 2. The molecule has 1 heterocycles. The molecule has 5 nitrogen and oxygen atoms in total. The number of amides is 2. The van der Waals surface area contributed by atoms with Crippen LogP contribution in [-0.4, -0.2) is 45.5 Å². The van der Waals surface area contributed by atoms with E-state index < -0.39 is 22.9 Å². The largest absolute Gasteiger partial charge is 0.447 e. The predicted molar refractivity (Wildman–Crippen MR) is 119 cm³/mol. The van der Waals surface area contributed by atoms with Crippen molar-refractivity contribution in [2.45, 2.75) is 87.5 Å². The first-order valence-corrected chi connectivity index (χ1v) is 12.1. The number of nitrogens with zero attached hydrogens (tertiary/aromatic N) is 1. The molecule has 0 radical (unpaired) electrons. The highest BCUT2D eigenvalue weighted by Crippen LogP contribution is 2.47. The first kappa shape index (κ1) is 23.1. The van der Waals surface area contributed by atoms with Crippen molar-refractivity contribution in [3.8, 4) is 0 Å². The second-order valence-electron chi connectivity index (χ2n) is 9.08. The van der Waals surface area contributed by atoms with Crippen LogP contribution in [0.15, 0.2) is 35.2 Å². The number of carbonyl (C=O) groups excluding carboxylic acids is 2. The smallest absolute Gasteiger partial charge is 0.416 e. The molecule has 3 atom stereocenters. The zero-order valence-electron chi connectivity index (χ0n) is 18.4. The van der Waals surface area contributed by atoms with Gasteiger partial charge in [0.05, 0.1) is 18.1 Å². The van der Waals surface area contributed by atoms with Crippen LogP contribution in [-0.2, 0) is 9.53 Å². The fourth-order valence-corrected chi connectivity index (χ4v) is 6.26. The highest BCUT2D eigenvalue weighted by Gasteiger charge is 2.48. The second kappa shape index (κ2) is 10.2. The molecule has 6 heteroatoms. The quantitative estimate of drug-likeness (QED) is 0.663. The minimum atomic E-state index is -0.838. The number of hydrogen-bond acceptors (Lipinski definition) is 5. The third-order valence-electron chi connectivity index (χ3n) is 6.58. The molecule has 0 bridgehead atoms. The van der Waals surface area contributed by atoms with Crippen molar-refractivity contribution in [2.24, 2.45) is 11.8 Å². The van der Waals surface area contributed by atoms with E-state index in [2.05, 4.69) is 12.1 Å². The van der Waals surface area contributed by atoms with Crippen LogP contribution in [0.5, 0.6) is 0 Å². The maximum absolute atomic E-state index is 13.4. The third kappa shape index (κ3) is 5.02. The zero-order valence-corrected chi connectivity index (χ0v) is 19.2. The molecule has 0 aromatic heterocycles. The van der Waals surface area contributed by atoms with Gasteiger partial charge in [0.2, 0.25) is 5.91 Å². The molecule has 1 aromatic rings. The average molecular weight is 434 g/mol. The number of cyclic esters (lactones) is 1. The van der Waals surface area contributed by atoms with Crippen LogP contribution in [0.3, 0.4) is 0 Å². The predicted octanol–water partition coefficient (Wildman–Crippen LogP) is 5.26. The Labute approximate surface area is 184 Å². The molecule has 1 aliphatic heterocycles. The van der Waals surface area contributed by atoms with E-state index in [4.69, 9.17) is 4.74 Å². The fraction of sp³-hybridized carbons (Fsp3) is 0.667. The monoisotopic (exact) mass is 433 g/mol. The van der Waals surface area contributed by atoms with Gasteiger partial charge >= 0.3 is 6.09 Å². The molecule has 2 aliphatic rings. The summed E-state index contributed by atoms with van der Waals surface area (Å²) in [5.41, 5.74) is 0. The molecule has 1 saturated heterocycles. The molecule has 1 aromatic carbocycles. The zero-order chi connectivity index (χ0) is 21.7. The van der Waals surface area contributed by atoms with Gasteiger partial charge in [0.15, 0.2) is 0 Å². The molecule has 166 valence electrons. The van der Waals surface area contributed by atoms with E-state index in [0.717, 1.165) is 43.4 Å². The lowest BCUT2D eigenvalue weighted by molar-refractivity contribution is -0.138. The van der Waals surface area contributed by atoms with Gasteiger partial charge in [-0.2, -0.15) is 0 Å². The van der Waals surface area contributed by atoms with Crippen LogP contribution in [0.25, 0.3) is 0 Å². The van der Waals surface area contributed by atoms with Gasteiger partial charge in [-0.1, -0.05) is 71.1 Å². The van der Waals surface area contributed by atoms with Gasteiger partial charge in [-0.15, -0.1) is 11.8 Å². The van der Waals surface area contributed by atoms with Crippen molar-refractivity contribution in [1.29, 1.82) is 0 Å². The van der Waals surface area contributed by atoms with Crippen molar-refractivity contribution in [1.82, 2.24) is 4.90 Å². The lowest BCUT2D eigenvalue weighted by Gasteiger charge is -2.42. The Hall–Kier alpha value is -1.53. The number of imide groups is 1. The van der Waals surface area contributed by atoms with Crippen molar-refractivity contribution in [3.63, 3.8) is 0 Å². The Kier molecular flexibility index (Phi) is 7.86. The topological polar surface area (TPSA) is 66.8 Å². The standard InChI is InChI=1S/C24H35NO4S/c1-17(2)20-16-29-23(28)25(20)22(27)18(3)21(26)24(14-10-5-4-6-11-15-24)30-19-12-8-7-9-13-19/h7-9,12-13,17-18,20-21,26H,4-6,10-11,14-16H2,1-3H3/t18-,20-,21+/m1/s1. The van der Waals surface area contributed by atoms with E-state index in [-0.39, 0.29) is 24.5 Å². The first-order chi connectivity index (χ1) is 14.4. The summed E-state index contributed by atoms with van der Waals surface area (Å²) in [7, 11) is 0. The number of benzene rings is 1. The summed E-state index contributed by atoms with van der Waals surface area (Å²) < 4.78 is 4.74. The number of thioether (sulfide) groups is 1. The maximum atomic E-state index is 13.4. The van der Waals surface area contributed by atoms with E-state index >= 15 is 0 Å². The van der Waals surface area contributed by atoms with Gasteiger partial charge in [0.25, 0.3) is 0 Å². The third-order valence-corrected chi connectivity index (χ3v) is 8.14. The Bertz CT molecular complexity index is 715. The van der Waals surface area contributed by atoms with Crippen LogP contribution in [0.2, 0.25) is 0 Å². The van der Waals surface area contributed by atoms with E-state index in [1.807, 2.05) is 32.0 Å². The van der Waals surface area contributed by atoms with Gasteiger partial charge in [-0.3, -0.25) is 4.79 Å². The second-order valence-corrected chi connectivity index (χ2v) is 10.6. The minimum Gasteiger partial charge on any atom is -0.447 e. The SMILES string of the molecule is CC(C)[C@H]1COC(=O)N1C(=O)[C@H](C)[C@H](O)C1(Sc2ccccc2)CCCCCCC1. The number of hydrogen-bond donors (Lipinski definition) is 1. The van der Waals surface area contributed by atoms with Crippen molar-refractivity contribution >= 4 is 23.8 Å². The van der Waals surface area contributed by atoms with Gasteiger partial charge in [-0.25, -0.2) is 9.69 Å².